The van der Waals surface area contributed by atoms with Gasteiger partial charge in [-0.05, 0) is 79.2 Å². The second kappa shape index (κ2) is 11.6. The molecule has 6 nitrogen and oxygen atoms in total. The summed E-state index contributed by atoms with van der Waals surface area (Å²) in [6, 6.07) is 32.6. The molecule has 40 heavy (non-hydrogen) atoms. The Hall–Kier alpha value is -4.64. The van der Waals surface area contributed by atoms with E-state index >= 15 is 0 Å². The molecular weight excluding hydrogens is 542 g/mol. The first kappa shape index (κ1) is 26.9. The minimum Gasteiger partial charge on any atom is -0.489 e. The summed E-state index contributed by atoms with van der Waals surface area (Å²) in [4.78, 5) is -0.307. The van der Waals surface area contributed by atoms with Crippen molar-refractivity contribution in [1.29, 1.82) is 5.26 Å². The predicted octanol–water partition coefficient (Wildman–Crippen LogP) is 7.42. The van der Waals surface area contributed by atoms with Crippen molar-refractivity contribution in [2.75, 3.05) is 0 Å². The third kappa shape index (κ3) is 5.99. The van der Waals surface area contributed by atoms with Crippen LogP contribution in [-0.4, -0.2) is 18.2 Å². The van der Waals surface area contributed by atoms with Gasteiger partial charge >= 0.3 is 0 Å². The number of hydrogen-bond acceptors (Lipinski definition) is 5. The Morgan fingerprint density at radius 3 is 2.27 bits per heavy atom. The molecule has 1 aromatic heterocycles. The number of benzene rings is 4. The third-order valence-corrected chi connectivity index (χ3v) is 8.16. The summed E-state index contributed by atoms with van der Waals surface area (Å²) in [6.07, 6.45) is 3.10. The molecule has 8 heteroatoms. The van der Waals surface area contributed by atoms with Crippen LogP contribution in [0.1, 0.15) is 16.7 Å². The van der Waals surface area contributed by atoms with Gasteiger partial charge in [0.05, 0.1) is 10.6 Å². The molecule has 1 heterocycles. The molecule has 0 radical (unpaired) electrons. The lowest BCUT2D eigenvalue weighted by Gasteiger charge is -2.08. The van der Waals surface area contributed by atoms with Crippen LogP contribution in [0.15, 0.2) is 119 Å². The summed E-state index contributed by atoms with van der Waals surface area (Å²) in [5.41, 5.74) is 4.47. The van der Waals surface area contributed by atoms with Crippen LogP contribution in [-0.2, 0) is 16.4 Å². The minimum absolute atomic E-state index is 0.0603. The van der Waals surface area contributed by atoms with Gasteiger partial charge in [0.25, 0.3) is 0 Å². The van der Waals surface area contributed by atoms with Crippen molar-refractivity contribution in [1.82, 2.24) is 9.78 Å². The first-order valence-corrected chi connectivity index (χ1v) is 14.3. The maximum Gasteiger partial charge on any atom is 0.216 e. The fourth-order valence-electron chi connectivity index (χ4n) is 4.04. The van der Waals surface area contributed by atoms with E-state index in [0.717, 1.165) is 22.4 Å². The number of ether oxygens (including phenoxy) is 1. The molecule has 0 aliphatic rings. The largest absolute Gasteiger partial charge is 0.489 e. The first-order valence-electron chi connectivity index (χ1n) is 12.4. The molecule has 0 spiro atoms. The van der Waals surface area contributed by atoms with Crippen LogP contribution in [0.4, 0.5) is 0 Å². The van der Waals surface area contributed by atoms with E-state index in [1.807, 2.05) is 91.9 Å². The number of nitriles is 1. The number of nitrogens with zero attached hydrogens (tertiary/aromatic N) is 3. The smallest absolute Gasteiger partial charge is 0.216 e. The number of sulfone groups is 1. The Labute approximate surface area is 238 Å². The van der Waals surface area contributed by atoms with Gasteiger partial charge in [-0.25, -0.2) is 13.1 Å². The fourth-order valence-corrected chi connectivity index (χ4v) is 5.32. The zero-order chi connectivity index (χ0) is 28.1. The van der Waals surface area contributed by atoms with Gasteiger partial charge in [0.2, 0.25) is 9.84 Å². The SMILES string of the molecule is Cc1ccc(S(=O)(=O)C(C#N)=Cc2cn(-c3ccccc3)nc2-c2ccc(OCc3ccc(Cl)cc3)cc2)cc1. The maximum absolute atomic E-state index is 13.3. The molecule has 0 aliphatic heterocycles. The van der Waals surface area contributed by atoms with E-state index in [-0.39, 0.29) is 9.80 Å². The Bertz CT molecular complexity index is 1800. The van der Waals surface area contributed by atoms with Crippen molar-refractivity contribution in [3.05, 3.63) is 136 Å². The highest BCUT2D eigenvalue weighted by Crippen LogP contribution is 2.30. The Morgan fingerprint density at radius 1 is 0.950 bits per heavy atom. The van der Waals surface area contributed by atoms with Crippen LogP contribution in [0, 0.1) is 18.3 Å². The molecule has 5 rings (SSSR count). The van der Waals surface area contributed by atoms with E-state index in [1.165, 1.54) is 18.2 Å². The summed E-state index contributed by atoms with van der Waals surface area (Å²) in [6.45, 7) is 2.26. The molecule has 0 bridgehead atoms. The van der Waals surface area contributed by atoms with Crippen LogP contribution in [0.25, 0.3) is 23.0 Å². The number of hydrogen-bond donors (Lipinski definition) is 0. The monoisotopic (exact) mass is 565 g/mol. The van der Waals surface area contributed by atoms with Gasteiger partial charge in [0.15, 0.2) is 0 Å². The Balaban J connectivity index is 1.50. The van der Waals surface area contributed by atoms with Crippen molar-refractivity contribution in [2.24, 2.45) is 0 Å². The van der Waals surface area contributed by atoms with Crippen LogP contribution in [0.5, 0.6) is 5.75 Å². The summed E-state index contributed by atoms with van der Waals surface area (Å²) < 4.78 is 34.2. The van der Waals surface area contributed by atoms with E-state index in [9.17, 15) is 13.7 Å². The summed E-state index contributed by atoms with van der Waals surface area (Å²) >= 11 is 5.96. The number of para-hydroxylation sites is 1. The van der Waals surface area contributed by atoms with Crippen molar-refractivity contribution in [3.63, 3.8) is 0 Å². The highest BCUT2D eigenvalue weighted by atomic mass is 35.5. The molecule has 0 saturated carbocycles. The van der Waals surface area contributed by atoms with Crippen LogP contribution < -0.4 is 4.74 Å². The normalized spacial score (nSPS) is 11.7. The van der Waals surface area contributed by atoms with Gasteiger partial charge in [-0.15, -0.1) is 0 Å². The lowest BCUT2D eigenvalue weighted by Crippen LogP contribution is -2.03. The number of allylic oxidation sites excluding steroid dienone is 1. The second-order valence-electron chi connectivity index (χ2n) is 9.09. The molecule has 0 atom stereocenters. The van der Waals surface area contributed by atoms with E-state index < -0.39 is 9.84 Å². The first-order chi connectivity index (χ1) is 19.3. The molecule has 0 aliphatic carbocycles. The van der Waals surface area contributed by atoms with E-state index in [2.05, 4.69) is 0 Å². The highest BCUT2D eigenvalue weighted by molar-refractivity contribution is 7.95. The summed E-state index contributed by atoms with van der Waals surface area (Å²) in [7, 11) is -4.03. The molecule has 0 saturated heterocycles. The van der Waals surface area contributed by atoms with Crippen molar-refractivity contribution in [3.8, 4) is 28.8 Å². The number of halogens is 1. The third-order valence-electron chi connectivity index (χ3n) is 6.23. The van der Waals surface area contributed by atoms with Crippen LogP contribution >= 0.6 is 11.6 Å². The highest BCUT2D eigenvalue weighted by Gasteiger charge is 2.22. The molecule has 4 aromatic carbocycles. The van der Waals surface area contributed by atoms with Crippen LogP contribution in [0.2, 0.25) is 5.02 Å². The summed E-state index contributed by atoms with van der Waals surface area (Å²) in [5.74, 6) is 0.665. The Kier molecular flexibility index (Phi) is 7.83. The van der Waals surface area contributed by atoms with Crippen molar-refractivity contribution in [2.45, 2.75) is 18.4 Å². The molecule has 198 valence electrons. The number of aryl methyl sites for hydroxylation is 1. The average molecular weight is 566 g/mol. The van der Waals surface area contributed by atoms with Gasteiger partial charge in [-0.3, -0.25) is 0 Å². The summed E-state index contributed by atoms with van der Waals surface area (Å²) in [5, 5.41) is 15.3. The topological polar surface area (TPSA) is 85.0 Å². The van der Waals surface area contributed by atoms with Gasteiger partial charge in [-0.1, -0.05) is 59.6 Å². The molecule has 0 unspecified atom stereocenters. The van der Waals surface area contributed by atoms with Gasteiger partial charge in [0.1, 0.15) is 29.0 Å². The molecule has 5 aromatic rings. The zero-order valence-electron chi connectivity index (χ0n) is 21.5. The standard InChI is InChI=1S/C32H24ClN3O3S/c1-23-7-17-30(18-8-23)40(37,38)31(20-34)19-26-21-36(28-5-3-2-4-6-28)35-32(26)25-11-15-29(16-12-25)39-22-24-9-13-27(33)14-10-24/h2-19,21H,22H2,1H3. The van der Waals surface area contributed by atoms with Crippen molar-refractivity contribution >= 4 is 27.5 Å². The predicted molar refractivity (Wildman–Crippen MR) is 157 cm³/mol. The molecule has 0 fully saturated rings. The lowest BCUT2D eigenvalue weighted by molar-refractivity contribution is 0.306. The van der Waals surface area contributed by atoms with Crippen molar-refractivity contribution < 1.29 is 13.2 Å². The number of aromatic nitrogens is 2. The van der Waals surface area contributed by atoms with Gasteiger partial charge in [-0.2, -0.15) is 10.4 Å². The van der Waals surface area contributed by atoms with Gasteiger partial charge < -0.3 is 4.74 Å². The minimum atomic E-state index is -4.03. The molecular formula is C32H24ClN3O3S. The maximum atomic E-state index is 13.3. The fraction of sp³-hybridized carbons (Fsp3) is 0.0625. The van der Waals surface area contributed by atoms with E-state index in [0.29, 0.717) is 28.6 Å². The number of rotatable bonds is 8. The zero-order valence-corrected chi connectivity index (χ0v) is 23.1. The van der Waals surface area contributed by atoms with Crippen LogP contribution in [0.3, 0.4) is 0 Å². The average Bonchev–Trinajstić information content (AvgIpc) is 3.40. The second-order valence-corrected chi connectivity index (χ2v) is 11.4. The van der Waals surface area contributed by atoms with E-state index in [1.54, 1.807) is 23.0 Å². The molecule has 0 amide bonds. The van der Waals surface area contributed by atoms with Gasteiger partial charge in [0, 0.05) is 22.3 Å². The Morgan fingerprint density at radius 2 is 1.62 bits per heavy atom. The van der Waals surface area contributed by atoms with E-state index in [4.69, 9.17) is 21.4 Å². The lowest BCUT2D eigenvalue weighted by atomic mass is 10.1. The molecule has 0 N–H and O–H groups in total. The quantitative estimate of drug-likeness (QED) is 0.183.